The number of fused-ring (bicyclic) bond motifs is 1. The lowest BCUT2D eigenvalue weighted by Crippen LogP contribution is -2.42. The zero-order valence-corrected chi connectivity index (χ0v) is 11.6. The molecule has 0 spiro atoms. The quantitative estimate of drug-likeness (QED) is 0.809. The van der Waals surface area contributed by atoms with Crippen molar-refractivity contribution < 1.29 is 10.2 Å². The van der Waals surface area contributed by atoms with Crippen LogP contribution in [0.2, 0.25) is 0 Å². The summed E-state index contributed by atoms with van der Waals surface area (Å²) in [5.74, 6) is 0.652. The number of aliphatic hydroxyl groups excluding tert-OH is 2. The first kappa shape index (κ1) is 13.3. The molecule has 0 amide bonds. The summed E-state index contributed by atoms with van der Waals surface area (Å²) in [5, 5.41) is 23.7. The molecule has 1 heterocycles. The average Bonchev–Trinajstić information content (AvgIpc) is 2.40. The number of aromatic nitrogens is 1. The molecule has 0 aliphatic heterocycles. The molecular weight excluding hydrogens is 296 g/mol. The van der Waals surface area contributed by atoms with Crippen molar-refractivity contribution in [3.8, 4) is 0 Å². The summed E-state index contributed by atoms with van der Waals surface area (Å²) in [5.41, 5.74) is -0.788. The van der Waals surface area contributed by atoms with Crippen LogP contribution in [0.25, 0.3) is 10.8 Å². The second-order valence-corrected chi connectivity index (χ2v) is 5.35. The molecule has 2 rings (SSSR count). The predicted octanol–water partition coefficient (Wildman–Crippen LogP) is 2.15. The second kappa shape index (κ2) is 5.22. The van der Waals surface area contributed by atoms with Gasteiger partial charge in [0, 0.05) is 21.4 Å². The van der Waals surface area contributed by atoms with Crippen molar-refractivity contribution >= 4 is 32.5 Å². The van der Waals surface area contributed by atoms with Crippen LogP contribution in [0, 0.1) is 0 Å². The van der Waals surface area contributed by atoms with Crippen LogP contribution in [0.4, 0.5) is 5.82 Å². The van der Waals surface area contributed by atoms with Gasteiger partial charge in [0.1, 0.15) is 5.82 Å². The summed E-state index contributed by atoms with van der Waals surface area (Å²) in [4.78, 5) is 4.27. The van der Waals surface area contributed by atoms with Crippen LogP contribution in [0.1, 0.15) is 6.92 Å². The summed E-state index contributed by atoms with van der Waals surface area (Å²) in [7, 11) is 0. The normalized spacial score (nSPS) is 11.8. The molecule has 0 fully saturated rings. The average molecular weight is 311 g/mol. The number of benzene rings is 1. The van der Waals surface area contributed by atoms with Crippen LogP contribution in [-0.4, -0.2) is 33.9 Å². The largest absolute Gasteiger partial charge is 0.394 e. The monoisotopic (exact) mass is 310 g/mol. The van der Waals surface area contributed by atoms with Gasteiger partial charge < -0.3 is 15.5 Å². The number of aliphatic hydroxyl groups is 2. The Hall–Kier alpha value is -1.17. The zero-order chi connectivity index (χ0) is 13.2. The van der Waals surface area contributed by atoms with Gasteiger partial charge in [-0.15, -0.1) is 0 Å². The van der Waals surface area contributed by atoms with E-state index in [9.17, 15) is 10.2 Å². The predicted molar refractivity (Wildman–Crippen MR) is 75.6 cm³/mol. The number of hydrogen-bond acceptors (Lipinski definition) is 4. The fourth-order valence-corrected chi connectivity index (χ4v) is 2.18. The van der Waals surface area contributed by atoms with Crippen molar-refractivity contribution in [1.29, 1.82) is 0 Å². The minimum absolute atomic E-state index is 0.171. The van der Waals surface area contributed by atoms with Gasteiger partial charge in [0.15, 0.2) is 0 Å². The maximum atomic E-state index is 9.31. The summed E-state index contributed by atoms with van der Waals surface area (Å²) in [6.45, 7) is 1.40. The molecule has 0 aliphatic rings. The van der Waals surface area contributed by atoms with Gasteiger partial charge in [0.05, 0.1) is 18.8 Å². The Bertz CT molecular complexity index is 556. The summed E-state index contributed by atoms with van der Waals surface area (Å²) in [6.07, 6.45) is 1.70. The van der Waals surface area contributed by atoms with E-state index in [1.807, 2.05) is 24.3 Å². The SMILES string of the molecule is CC(CO)(CO)Nc1nccc2c(Br)cccc12. The highest BCUT2D eigenvalue weighted by Crippen LogP contribution is 2.28. The van der Waals surface area contributed by atoms with E-state index < -0.39 is 5.54 Å². The van der Waals surface area contributed by atoms with E-state index in [1.165, 1.54) is 0 Å². The van der Waals surface area contributed by atoms with E-state index in [-0.39, 0.29) is 13.2 Å². The molecule has 1 aromatic heterocycles. The van der Waals surface area contributed by atoms with Crippen molar-refractivity contribution in [1.82, 2.24) is 4.98 Å². The van der Waals surface area contributed by atoms with Crippen LogP contribution in [0.15, 0.2) is 34.9 Å². The second-order valence-electron chi connectivity index (χ2n) is 4.50. The number of nitrogens with one attached hydrogen (secondary N) is 1. The standard InChI is InChI=1S/C13H15BrN2O2/c1-13(7-17,8-18)16-12-10-3-2-4-11(14)9(10)5-6-15-12/h2-6,17-18H,7-8H2,1H3,(H,15,16). The van der Waals surface area contributed by atoms with Crippen LogP contribution < -0.4 is 5.32 Å². The Kier molecular flexibility index (Phi) is 3.85. The van der Waals surface area contributed by atoms with Crippen LogP contribution in [-0.2, 0) is 0 Å². The zero-order valence-electron chi connectivity index (χ0n) is 10.0. The smallest absolute Gasteiger partial charge is 0.134 e. The Morgan fingerprint density at radius 2 is 1.94 bits per heavy atom. The number of pyridine rings is 1. The van der Waals surface area contributed by atoms with Gasteiger partial charge in [0.2, 0.25) is 0 Å². The number of nitrogens with zero attached hydrogens (tertiary/aromatic N) is 1. The molecule has 3 N–H and O–H groups in total. The summed E-state index contributed by atoms with van der Waals surface area (Å²) < 4.78 is 0.986. The van der Waals surface area contributed by atoms with Crippen molar-refractivity contribution in [3.63, 3.8) is 0 Å². The van der Waals surface area contributed by atoms with Crippen LogP contribution in [0.3, 0.4) is 0 Å². The van der Waals surface area contributed by atoms with Crippen LogP contribution in [0.5, 0.6) is 0 Å². The lowest BCUT2D eigenvalue weighted by atomic mass is 10.0. The highest BCUT2D eigenvalue weighted by molar-refractivity contribution is 9.10. The maximum Gasteiger partial charge on any atom is 0.134 e. The molecular formula is C13H15BrN2O2. The van der Waals surface area contributed by atoms with Gasteiger partial charge in [-0.2, -0.15) is 0 Å². The van der Waals surface area contributed by atoms with Crippen molar-refractivity contribution in [2.75, 3.05) is 18.5 Å². The topological polar surface area (TPSA) is 65.4 Å². The van der Waals surface area contributed by atoms with Gasteiger partial charge in [-0.05, 0) is 19.1 Å². The molecule has 0 bridgehead atoms. The fourth-order valence-electron chi connectivity index (χ4n) is 1.68. The van der Waals surface area contributed by atoms with Crippen molar-refractivity contribution in [2.24, 2.45) is 0 Å². The van der Waals surface area contributed by atoms with Gasteiger partial charge >= 0.3 is 0 Å². The molecule has 0 unspecified atom stereocenters. The van der Waals surface area contributed by atoms with Gasteiger partial charge in [-0.3, -0.25) is 0 Å². The van der Waals surface area contributed by atoms with E-state index >= 15 is 0 Å². The minimum Gasteiger partial charge on any atom is -0.394 e. The van der Waals surface area contributed by atoms with E-state index in [0.717, 1.165) is 15.2 Å². The Balaban J connectivity index is 2.49. The summed E-state index contributed by atoms with van der Waals surface area (Å²) in [6, 6.07) is 7.75. The third-order valence-corrected chi connectivity index (χ3v) is 3.56. The molecule has 2 aromatic rings. The molecule has 18 heavy (non-hydrogen) atoms. The molecule has 0 saturated heterocycles. The molecule has 0 aliphatic carbocycles. The molecule has 5 heteroatoms. The maximum absolute atomic E-state index is 9.31. The van der Waals surface area contributed by atoms with E-state index in [0.29, 0.717) is 5.82 Å². The van der Waals surface area contributed by atoms with Gasteiger partial charge in [-0.25, -0.2) is 4.98 Å². The number of rotatable bonds is 4. The third kappa shape index (κ3) is 2.48. The molecule has 0 saturated carbocycles. The molecule has 96 valence electrons. The van der Waals surface area contributed by atoms with Gasteiger partial charge in [0.25, 0.3) is 0 Å². The first-order chi connectivity index (χ1) is 8.59. The van der Waals surface area contributed by atoms with Crippen molar-refractivity contribution in [2.45, 2.75) is 12.5 Å². The first-order valence-electron chi connectivity index (χ1n) is 5.63. The Morgan fingerprint density at radius 1 is 1.22 bits per heavy atom. The molecule has 0 radical (unpaired) electrons. The van der Waals surface area contributed by atoms with E-state index in [2.05, 4.69) is 26.2 Å². The number of anilines is 1. The lowest BCUT2D eigenvalue weighted by molar-refractivity contribution is 0.147. The molecule has 0 atom stereocenters. The minimum atomic E-state index is -0.788. The summed E-state index contributed by atoms with van der Waals surface area (Å²) >= 11 is 3.49. The molecule has 1 aromatic carbocycles. The fraction of sp³-hybridized carbons (Fsp3) is 0.308. The highest BCUT2D eigenvalue weighted by atomic mass is 79.9. The van der Waals surface area contributed by atoms with Crippen molar-refractivity contribution in [3.05, 3.63) is 34.9 Å². The molecule has 4 nitrogen and oxygen atoms in total. The Morgan fingerprint density at radius 3 is 2.61 bits per heavy atom. The lowest BCUT2D eigenvalue weighted by Gasteiger charge is -2.27. The first-order valence-corrected chi connectivity index (χ1v) is 6.42. The highest BCUT2D eigenvalue weighted by Gasteiger charge is 2.23. The van der Waals surface area contributed by atoms with Gasteiger partial charge in [-0.1, -0.05) is 28.1 Å². The van der Waals surface area contributed by atoms with E-state index in [1.54, 1.807) is 13.1 Å². The van der Waals surface area contributed by atoms with Crippen LogP contribution >= 0.6 is 15.9 Å². The number of halogens is 1. The van der Waals surface area contributed by atoms with E-state index in [4.69, 9.17) is 0 Å². The number of hydrogen-bond donors (Lipinski definition) is 3. The Labute approximate surface area is 114 Å². The third-order valence-electron chi connectivity index (χ3n) is 2.87.